The van der Waals surface area contributed by atoms with Gasteiger partial charge in [0.25, 0.3) is 0 Å². The Morgan fingerprint density at radius 1 is 0.643 bits per heavy atom. The van der Waals surface area contributed by atoms with Crippen molar-refractivity contribution in [1.29, 1.82) is 0 Å². The van der Waals surface area contributed by atoms with Crippen LogP contribution in [0.1, 0.15) is 39.2 Å². The molecule has 0 saturated heterocycles. The van der Waals surface area contributed by atoms with Crippen molar-refractivity contribution in [1.82, 2.24) is 0 Å². The number of carbonyl (C=O) groups is 2. The lowest BCUT2D eigenvalue weighted by Crippen LogP contribution is -2.09. The normalized spacial score (nSPS) is 10.5. The van der Waals surface area contributed by atoms with E-state index in [0.717, 1.165) is 45.1 Å². The van der Waals surface area contributed by atoms with Crippen LogP contribution in [0, 0.1) is 6.92 Å². The lowest BCUT2D eigenvalue weighted by molar-refractivity contribution is -0.140. The van der Waals surface area contributed by atoms with E-state index in [1.807, 2.05) is 55.5 Å². The highest BCUT2D eigenvalue weighted by Gasteiger charge is 2.15. The average molecular weight is 573 g/mol. The van der Waals surface area contributed by atoms with E-state index in [1.165, 1.54) is 0 Å². The second-order valence-corrected chi connectivity index (χ2v) is 9.91. The summed E-state index contributed by atoms with van der Waals surface area (Å²) in [6, 6.07) is 20.0. The molecule has 0 bridgehead atoms. The van der Waals surface area contributed by atoms with Crippen LogP contribution >= 0.6 is 0 Å². The maximum absolute atomic E-state index is 11.5. The van der Waals surface area contributed by atoms with E-state index in [1.54, 1.807) is 13.8 Å². The van der Waals surface area contributed by atoms with Crippen molar-refractivity contribution in [2.45, 2.75) is 40.5 Å². The number of aryl methyl sites for hydroxylation is 1. The van der Waals surface area contributed by atoms with E-state index in [9.17, 15) is 9.59 Å². The van der Waals surface area contributed by atoms with Gasteiger partial charge >= 0.3 is 11.9 Å². The molecule has 3 aromatic rings. The van der Waals surface area contributed by atoms with Gasteiger partial charge in [-0.3, -0.25) is 0 Å². The van der Waals surface area contributed by atoms with Gasteiger partial charge in [0.05, 0.1) is 33.0 Å². The van der Waals surface area contributed by atoms with Crippen molar-refractivity contribution in [2.24, 2.45) is 0 Å². The molecule has 3 rings (SSSR count). The van der Waals surface area contributed by atoms with Crippen molar-refractivity contribution >= 4 is 11.9 Å². The second-order valence-electron chi connectivity index (χ2n) is 9.91. The summed E-state index contributed by atoms with van der Waals surface area (Å²) in [6.45, 7) is 16.4. The molecule has 0 aliphatic heterocycles. The molecule has 0 N–H and O–H groups in total. The summed E-state index contributed by atoms with van der Waals surface area (Å²) in [5, 5.41) is 0. The largest absolute Gasteiger partial charge is 0.493 e. The van der Waals surface area contributed by atoms with E-state index >= 15 is 0 Å². The molecule has 0 radical (unpaired) electrons. The summed E-state index contributed by atoms with van der Waals surface area (Å²) < 4.78 is 28.0. The Hall–Kier alpha value is -4.52. The van der Waals surface area contributed by atoms with Gasteiger partial charge < -0.3 is 23.7 Å². The molecule has 0 heterocycles. The SMILES string of the molecule is C=C(C)C(=O)OCCCOc1ccc(-c2cc(C)cc(-c3ccc(OCCCOC(=O)C(=C)C)cc3)c2OCC)cc1. The van der Waals surface area contributed by atoms with Gasteiger partial charge in [-0.15, -0.1) is 0 Å². The molecule has 0 atom stereocenters. The molecule has 7 heteroatoms. The topological polar surface area (TPSA) is 80.3 Å². The zero-order chi connectivity index (χ0) is 30.5. The molecule has 0 aromatic heterocycles. The van der Waals surface area contributed by atoms with Gasteiger partial charge in [0.1, 0.15) is 17.2 Å². The fourth-order valence-corrected chi connectivity index (χ4v) is 4.04. The summed E-state index contributed by atoms with van der Waals surface area (Å²) in [5.41, 5.74) is 5.89. The Morgan fingerprint density at radius 2 is 1.05 bits per heavy atom. The predicted octanol–water partition coefficient (Wildman–Crippen LogP) is 7.50. The molecule has 0 aliphatic carbocycles. The van der Waals surface area contributed by atoms with E-state index in [4.69, 9.17) is 23.7 Å². The zero-order valence-corrected chi connectivity index (χ0v) is 25.0. The molecule has 0 amide bonds. The van der Waals surface area contributed by atoms with E-state index in [-0.39, 0.29) is 25.2 Å². The molecule has 0 unspecified atom stereocenters. The minimum absolute atomic E-state index is 0.285. The Morgan fingerprint density at radius 3 is 1.40 bits per heavy atom. The van der Waals surface area contributed by atoms with E-state index in [2.05, 4.69) is 32.2 Å². The van der Waals surface area contributed by atoms with Gasteiger partial charge in [-0.2, -0.15) is 0 Å². The highest BCUT2D eigenvalue weighted by atomic mass is 16.5. The Labute approximate surface area is 248 Å². The first-order valence-corrected chi connectivity index (χ1v) is 14.1. The van der Waals surface area contributed by atoms with E-state index < -0.39 is 0 Å². The summed E-state index contributed by atoms with van der Waals surface area (Å²) in [5.74, 6) is 1.51. The molecule has 3 aromatic carbocycles. The summed E-state index contributed by atoms with van der Waals surface area (Å²) in [6.07, 6.45) is 1.18. The Bertz CT molecular complexity index is 1270. The van der Waals surface area contributed by atoms with Crippen LogP contribution in [0.25, 0.3) is 22.3 Å². The van der Waals surface area contributed by atoms with Crippen LogP contribution in [0.4, 0.5) is 0 Å². The van der Waals surface area contributed by atoms with Crippen LogP contribution in [0.3, 0.4) is 0 Å². The number of carbonyl (C=O) groups excluding carboxylic acids is 2. The third-order valence-corrected chi connectivity index (χ3v) is 6.13. The first-order chi connectivity index (χ1) is 20.2. The van der Waals surface area contributed by atoms with Gasteiger partial charge in [-0.1, -0.05) is 37.4 Å². The molecule has 0 spiro atoms. The third-order valence-electron chi connectivity index (χ3n) is 6.13. The number of benzene rings is 3. The first-order valence-electron chi connectivity index (χ1n) is 14.1. The van der Waals surface area contributed by atoms with Crippen molar-refractivity contribution < 1.29 is 33.3 Å². The lowest BCUT2D eigenvalue weighted by Gasteiger charge is -2.18. The number of ether oxygens (including phenoxy) is 5. The monoisotopic (exact) mass is 572 g/mol. The molecule has 0 saturated carbocycles. The maximum Gasteiger partial charge on any atom is 0.333 e. The van der Waals surface area contributed by atoms with Crippen LogP contribution in [0.15, 0.2) is 85.0 Å². The molecule has 222 valence electrons. The summed E-state index contributed by atoms with van der Waals surface area (Å²) in [4.78, 5) is 22.9. The van der Waals surface area contributed by atoms with E-state index in [0.29, 0.717) is 43.8 Å². The highest BCUT2D eigenvalue weighted by molar-refractivity contribution is 5.87. The average Bonchev–Trinajstić information content (AvgIpc) is 2.98. The minimum atomic E-state index is -0.387. The molecular weight excluding hydrogens is 532 g/mol. The molecule has 42 heavy (non-hydrogen) atoms. The number of hydrogen-bond donors (Lipinski definition) is 0. The Kier molecular flexibility index (Phi) is 12.2. The molecule has 0 fully saturated rings. The second kappa shape index (κ2) is 16.1. The quantitative estimate of drug-likeness (QED) is 0.0998. The van der Waals surface area contributed by atoms with Crippen LogP contribution in [-0.4, -0.2) is 45.0 Å². The standard InChI is InChI=1S/C35H40O7/c1-7-38-33-31(27-10-14-29(15-11-27)39-18-8-20-41-34(36)24(2)3)22-26(6)23-32(33)28-12-16-30(17-13-28)40-19-9-21-42-35(37)25(4)5/h10-17,22-23H,2,4,7-9,18-21H2,1,3,5-6H3. The maximum atomic E-state index is 11.5. The van der Waals surface area contributed by atoms with Crippen LogP contribution in [0.5, 0.6) is 17.2 Å². The Balaban J connectivity index is 1.67. The van der Waals surface area contributed by atoms with Crippen molar-refractivity contribution in [2.75, 3.05) is 33.0 Å². The predicted molar refractivity (Wildman–Crippen MR) is 165 cm³/mol. The van der Waals surface area contributed by atoms with Crippen molar-refractivity contribution in [3.05, 3.63) is 90.5 Å². The highest BCUT2D eigenvalue weighted by Crippen LogP contribution is 2.41. The van der Waals surface area contributed by atoms with Gasteiger partial charge in [0.15, 0.2) is 0 Å². The van der Waals surface area contributed by atoms with Crippen molar-refractivity contribution in [3.63, 3.8) is 0 Å². The number of hydrogen-bond acceptors (Lipinski definition) is 7. The smallest absolute Gasteiger partial charge is 0.333 e. The fraction of sp³-hybridized carbons (Fsp3) is 0.314. The van der Waals surface area contributed by atoms with Crippen LogP contribution in [-0.2, 0) is 19.1 Å². The van der Waals surface area contributed by atoms with Crippen LogP contribution in [0.2, 0.25) is 0 Å². The van der Waals surface area contributed by atoms with Gasteiger partial charge in [0.2, 0.25) is 0 Å². The minimum Gasteiger partial charge on any atom is -0.493 e. The molecule has 7 nitrogen and oxygen atoms in total. The summed E-state index contributed by atoms with van der Waals surface area (Å²) in [7, 11) is 0. The summed E-state index contributed by atoms with van der Waals surface area (Å²) >= 11 is 0. The molecule has 0 aliphatic rings. The molecular formula is C35H40O7. The lowest BCUT2D eigenvalue weighted by atomic mass is 9.94. The van der Waals surface area contributed by atoms with Crippen LogP contribution < -0.4 is 14.2 Å². The number of esters is 2. The van der Waals surface area contributed by atoms with Gasteiger partial charge in [0, 0.05) is 35.1 Å². The zero-order valence-electron chi connectivity index (χ0n) is 25.0. The van der Waals surface area contributed by atoms with Gasteiger partial charge in [-0.25, -0.2) is 9.59 Å². The first kappa shape index (κ1) is 32.0. The fourth-order valence-electron chi connectivity index (χ4n) is 4.04. The van der Waals surface area contributed by atoms with Gasteiger partial charge in [-0.05, 0) is 80.8 Å². The third kappa shape index (κ3) is 9.54. The number of rotatable bonds is 16. The van der Waals surface area contributed by atoms with Crippen molar-refractivity contribution in [3.8, 4) is 39.5 Å².